The van der Waals surface area contributed by atoms with Gasteiger partial charge in [-0.05, 0) is 43.2 Å². The average molecular weight is 403 g/mol. The third-order valence-corrected chi connectivity index (χ3v) is 4.43. The number of carbonyl (C=O) groups is 2. The third-order valence-electron chi connectivity index (χ3n) is 4.43. The largest absolute Gasteiger partial charge is 0.488 e. The first-order valence-electron chi connectivity index (χ1n) is 9.78. The third kappa shape index (κ3) is 5.44. The molecule has 3 rings (SSSR count). The zero-order valence-electron chi connectivity index (χ0n) is 17.3. The number of nitrogens with zero attached hydrogens (tertiary/aromatic N) is 1. The maximum Gasteiger partial charge on any atom is 0.329 e. The molecule has 0 heterocycles. The van der Waals surface area contributed by atoms with Crippen LogP contribution in [0.4, 0.5) is 0 Å². The summed E-state index contributed by atoms with van der Waals surface area (Å²) in [5.41, 5.74) is 5.24. The van der Waals surface area contributed by atoms with E-state index in [2.05, 4.69) is 15.8 Å². The van der Waals surface area contributed by atoms with Crippen molar-refractivity contribution in [3.8, 4) is 5.75 Å². The van der Waals surface area contributed by atoms with Gasteiger partial charge in [0, 0.05) is 11.6 Å². The SMILES string of the molecule is Cc1ccc(COc2ccc3ccccc3c2/C=N\NC(=O)C(=O)NC(C)C)cc1. The molecule has 30 heavy (non-hydrogen) atoms. The van der Waals surface area contributed by atoms with E-state index in [9.17, 15) is 9.59 Å². The van der Waals surface area contributed by atoms with Gasteiger partial charge in [-0.3, -0.25) is 9.59 Å². The quantitative estimate of drug-likeness (QED) is 0.374. The highest BCUT2D eigenvalue weighted by Gasteiger charge is 2.13. The van der Waals surface area contributed by atoms with Crippen molar-refractivity contribution in [2.24, 2.45) is 5.10 Å². The van der Waals surface area contributed by atoms with Crippen LogP contribution in [0.2, 0.25) is 0 Å². The number of fused-ring (bicyclic) bond motifs is 1. The van der Waals surface area contributed by atoms with Crippen LogP contribution in [0.5, 0.6) is 5.75 Å². The number of hydrazone groups is 1. The highest BCUT2D eigenvalue weighted by atomic mass is 16.5. The van der Waals surface area contributed by atoms with E-state index in [4.69, 9.17) is 4.74 Å². The van der Waals surface area contributed by atoms with Crippen molar-refractivity contribution >= 4 is 28.8 Å². The molecule has 2 N–H and O–H groups in total. The van der Waals surface area contributed by atoms with Gasteiger partial charge in [-0.1, -0.05) is 60.2 Å². The molecule has 0 atom stereocenters. The number of hydrogen-bond acceptors (Lipinski definition) is 4. The first kappa shape index (κ1) is 21.0. The fraction of sp³-hybridized carbons (Fsp3) is 0.208. The lowest BCUT2D eigenvalue weighted by Crippen LogP contribution is -2.41. The first-order valence-corrected chi connectivity index (χ1v) is 9.78. The van der Waals surface area contributed by atoms with Gasteiger partial charge in [-0.25, -0.2) is 5.43 Å². The molecule has 0 bridgehead atoms. The van der Waals surface area contributed by atoms with Crippen molar-refractivity contribution in [3.05, 3.63) is 77.4 Å². The number of carbonyl (C=O) groups excluding carboxylic acids is 2. The van der Waals surface area contributed by atoms with E-state index in [0.29, 0.717) is 12.4 Å². The van der Waals surface area contributed by atoms with Crippen molar-refractivity contribution in [2.75, 3.05) is 0 Å². The normalized spacial score (nSPS) is 11.1. The van der Waals surface area contributed by atoms with Gasteiger partial charge < -0.3 is 10.1 Å². The molecule has 6 nitrogen and oxygen atoms in total. The fourth-order valence-electron chi connectivity index (χ4n) is 2.91. The molecule has 0 saturated carbocycles. The fourth-order valence-corrected chi connectivity index (χ4v) is 2.91. The van der Waals surface area contributed by atoms with E-state index >= 15 is 0 Å². The molecule has 0 aliphatic carbocycles. The Bertz CT molecular complexity index is 1070. The van der Waals surface area contributed by atoms with Crippen molar-refractivity contribution in [1.82, 2.24) is 10.7 Å². The molecule has 154 valence electrons. The molecular formula is C24H25N3O3. The zero-order valence-corrected chi connectivity index (χ0v) is 17.3. The van der Waals surface area contributed by atoms with Gasteiger partial charge in [0.05, 0.1) is 6.21 Å². The van der Waals surface area contributed by atoms with Crippen LogP contribution in [0.15, 0.2) is 65.8 Å². The monoisotopic (exact) mass is 403 g/mol. The van der Waals surface area contributed by atoms with Gasteiger partial charge >= 0.3 is 11.8 Å². The Kier molecular flexibility index (Phi) is 6.80. The van der Waals surface area contributed by atoms with Crippen LogP contribution in [0.3, 0.4) is 0 Å². The van der Waals surface area contributed by atoms with Crippen LogP contribution < -0.4 is 15.5 Å². The summed E-state index contributed by atoms with van der Waals surface area (Å²) in [6, 6.07) is 19.7. The molecular weight excluding hydrogens is 378 g/mol. The van der Waals surface area contributed by atoms with Crippen molar-refractivity contribution in [1.29, 1.82) is 0 Å². The van der Waals surface area contributed by atoms with Crippen LogP contribution >= 0.6 is 0 Å². The Balaban J connectivity index is 1.81. The summed E-state index contributed by atoms with van der Waals surface area (Å²) in [6.45, 7) is 6.01. The lowest BCUT2D eigenvalue weighted by Gasteiger charge is -2.12. The number of rotatable bonds is 6. The summed E-state index contributed by atoms with van der Waals surface area (Å²) in [4.78, 5) is 23.6. The van der Waals surface area contributed by atoms with Crippen LogP contribution in [0.1, 0.15) is 30.5 Å². The Hall–Kier alpha value is -3.67. The summed E-state index contributed by atoms with van der Waals surface area (Å²) in [6.07, 6.45) is 1.51. The highest BCUT2D eigenvalue weighted by molar-refractivity contribution is 6.35. The predicted octanol–water partition coefficient (Wildman–Crippen LogP) is 3.70. The Labute approximate surface area is 175 Å². The average Bonchev–Trinajstić information content (AvgIpc) is 2.73. The van der Waals surface area contributed by atoms with Crippen LogP contribution in [-0.2, 0) is 16.2 Å². The second-order valence-electron chi connectivity index (χ2n) is 7.30. The lowest BCUT2D eigenvalue weighted by molar-refractivity contribution is -0.139. The molecule has 0 fully saturated rings. The smallest absolute Gasteiger partial charge is 0.329 e. The zero-order chi connectivity index (χ0) is 21.5. The van der Waals surface area contributed by atoms with Crippen molar-refractivity contribution < 1.29 is 14.3 Å². The maximum absolute atomic E-state index is 11.9. The van der Waals surface area contributed by atoms with E-state index < -0.39 is 11.8 Å². The van der Waals surface area contributed by atoms with Gasteiger partial charge in [-0.2, -0.15) is 5.10 Å². The summed E-state index contributed by atoms with van der Waals surface area (Å²) in [5.74, 6) is -0.905. The predicted molar refractivity (Wildman–Crippen MR) is 118 cm³/mol. The molecule has 2 amide bonds. The number of hydrogen-bond donors (Lipinski definition) is 2. The number of benzene rings is 3. The van der Waals surface area contributed by atoms with Gasteiger partial charge in [0.15, 0.2) is 0 Å². The molecule has 3 aromatic rings. The molecule has 0 unspecified atom stereocenters. The van der Waals surface area contributed by atoms with Crippen LogP contribution in [0.25, 0.3) is 10.8 Å². The summed E-state index contributed by atoms with van der Waals surface area (Å²) in [7, 11) is 0. The highest BCUT2D eigenvalue weighted by Crippen LogP contribution is 2.27. The van der Waals surface area contributed by atoms with Gasteiger partial charge in [0.1, 0.15) is 12.4 Å². The standard InChI is InChI=1S/C24H25N3O3/c1-16(2)26-23(28)24(29)27-25-14-21-20-7-5-4-6-19(20)12-13-22(21)30-15-18-10-8-17(3)9-11-18/h4-14,16H,15H2,1-3H3,(H,26,28)(H,27,29)/b25-14-. The topological polar surface area (TPSA) is 79.8 Å². The van der Waals surface area contributed by atoms with Crippen LogP contribution in [-0.4, -0.2) is 24.1 Å². The number of nitrogens with one attached hydrogen (secondary N) is 2. The molecule has 6 heteroatoms. The van der Waals surface area contributed by atoms with Crippen molar-refractivity contribution in [2.45, 2.75) is 33.4 Å². The summed E-state index contributed by atoms with van der Waals surface area (Å²) >= 11 is 0. The minimum atomic E-state index is -0.817. The van der Waals surface area contributed by atoms with Crippen molar-refractivity contribution in [3.63, 3.8) is 0 Å². The van der Waals surface area contributed by atoms with E-state index in [0.717, 1.165) is 21.9 Å². The second-order valence-corrected chi connectivity index (χ2v) is 7.30. The number of aryl methyl sites for hydroxylation is 1. The molecule has 0 radical (unpaired) electrons. The Morgan fingerprint density at radius 1 is 1.00 bits per heavy atom. The number of ether oxygens (including phenoxy) is 1. The minimum Gasteiger partial charge on any atom is -0.488 e. The van der Waals surface area contributed by atoms with Crippen LogP contribution in [0, 0.1) is 6.92 Å². The molecule has 3 aromatic carbocycles. The molecule has 0 aliphatic rings. The maximum atomic E-state index is 11.9. The van der Waals surface area contributed by atoms with Gasteiger partial charge in [-0.15, -0.1) is 0 Å². The number of amides is 2. The second kappa shape index (κ2) is 9.69. The molecule has 0 saturated heterocycles. The molecule has 0 spiro atoms. The van der Waals surface area contributed by atoms with Gasteiger partial charge in [0.25, 0.3) is 0 Å². The molecule has 0 aliphatic heterocycles. The molecule has 0 aromatic heterocycles. The first-order chi connectivity index (χ1) is 14.4. The summed E-state index contributed by atoms with van der Waals surface area (Å²) in [5, 5.41) is 8.46. The lowest BCUT2D eigenvalue weighted by atomic mass is 10.0. The van der Waals surface area contributed by atoms with E-state index in [1.807, 2.05) is 67.6 Å². The minimum absolute atomic E-state index is 0.132. The van der Waals surface area contributed by atoms with E-state index in [1.54, 1.807) is 13.8 Å². The van der Waals surface area contributed by atoms with Gasteiger partial charge in [0.2, 0.25) is 0 Å². The Morgan fingerprint density at radius 3 is 2.47 bits per heavy atom. The van der Waals surface area contributed by atoms with E-state index in [-0.39, 0.29) is 6.04 Å². The summed E-state index contributed by atoms with van der Waals surface area (Å²) < 4.78 is 6.05. The Morgan fingerprint density at radius 2 is 1.73 bits per heavy atom. The van der Waals surface area contributed by atoms with E-state index in [1.165, 1.54) is 11.8 Å².